The minimum atomic E-state index is 0.551. The predicted octanol–water partition coefficient (Wildman–Crippen LogP) is 4.17. The van der Waals surface area contributed by atoms with Gasteiger partial charge in [0.25, 0.3) is 0 Å². The Labute approximate surface area is 131 Å². The summed E-state index contributed by atoms with van der Waals surface area (Å²) < 4.78 is 2.14. The SMILES string of the molecule is ClCCc1nc2cc(Cl)cnc2n1CCc1ccsc1. The number of hydrogen-bond acceptors (Lipinski definition) is 3. The van der Waals surface area contributed by atoms with Crippen LogP contribution >= 0.6 is 34.5 Å². The molecule has 3 heterocycles. The first-order valence-electron chi connectivity index (χ1n) is 6.35. The fourth-order valence-corrected chi connectivity index (χ4v) is 3.24. The molecule has 0 radical (unpaired) electrons. The third kappa shape index (κ3) is 2.82. The van der Waals surface area contributed by atoms with E-state index in [1.54, 1.807) is 17.5 Å². The quantitative estimate of drug-likeness (QED) is 0.659. The van der Waals surface area contributed by atoms with Gasteiger partial charge in [-0.15, -0.1) is 11.6 Å². The zero-order valence-corrected chi connectivity index (χ0v) is 13.0. The van der Waals surface area contributed by atoms with Crippen LogP contribution in [-0.4, -0.2) is 20.4 Å². The topological polar surface area (TPSA) is 30.7 Å². The Morgan fingerprint density at radius 2 is 2.20 bits per heavy atom. The van der Waals surface area contributed by atoms with Crippen molar-refractivity contribution in [3.05, 3.63) is 45.5 Å². The summed E-state index contributed by atoms with van der Waals surface area (Å²) in [4.78, 5) is 9.01. The molecule has 0 aliphatic rings. The molecule has 3 rings (SSSR count). The monoisotopic (exact) mass is 325 g/mol. The summed E-state index contributed by atoms with van der Waals surface area (Å²) in [5, 5.41) is 4.88. The van der Waals surface area contributed by atoms with E-state index in [2.05, 4.69) is 31.4 Å². The second-order valence-electron chi connectivity index (χ2n) is 4.50. The number of rotatable bonds is 5. The van der Waals surface area contributed by atoms with Crippen molar-refractivity contribution < 1.29 is 0 Å². The lowest BCUT2D eigenvalue weighted by molar-refractivity contribution is 0.670. The summed E-state index contributed by atoms with van der Waals surface area (Å²) in [5.74, 6) is 1.52. The first-order chi connectivity index (χ1) is 9.78. The van der Waals surface area contributed by atoms with Crippen molar-refractivity contribution in [3.8, 4) is 0 Å². The van der Waals surface area contributed by atoms with E-state index in [4.69, 9.17) is 23.2 Å². The van der Waals surface area contributed by atoms with Gasteiger partial charge in [0.1, 0.15) is 11.3 Å². The number of fused-ring (bicyclic) bond motifs is 1. The van der Waals surface area contributed by atoms with E-state index in [-0.39, 0.29) is 0 Å². The molecular formula is C14H13Cl2N3S. The van der Waals surface area contributed by atoms with E-state index in [1.807, 2.05) is 6.07 Å². The van der Waals surface area contributed by atoms with Gasteiger partial charge in [-0.3, -0.25) is 0 Å². The highest BCUT2D eigenvalue weighted by molar-refractivity contribution is 7.07. The highest BCUT2D eigenvalue weighted by Gasteiger charge is 2.12. The Bertz CT molecular complexity index is 707. The average Bonchev–Trinajstić information content (AvgIpc) is 3.04. The van der Waals surface area contributed by atoms with Crippen LogP contribution in [0.5, 0.6) is 0 Å². The molecule has 0 N–H and O–H groups in total. The maximum Gasteiger partial charge on any atom is 0.160 e. The number of aromatic nitrogens is 3. The van der Waals surface area contributed by atoms with Gasteiger partial charge in [0, 0.05) is 25.0 Å². The van der Waals surface area contributed by atoms with E-state index < -0.39 is 0 Å². The van der Waals surface area contributed by atoms with Crippen molar-refractivity contribution in [2.45, 2.75) is 19.4 Å². The molecule has 0 amide bonds. The standard InChI is InChI=1S/C14H13Cl2N3S/c15-4-1-13-18-12-7-11(16)8-17-14(12)19(13)5-2-10-3-6-20-9-10/h3,6-9H,1-2,4-5H2. The minimum absolute atomic E-state index is 0.551. The van der Waals surface area contributed by atoms with Crippen molar-refractivity contribution in [3.63, 3.8) is 0 Å². The maximum absolute atomic E-state index is 5.98. The lowest BCUT2D eigenvalue weighted by Crippen LogP contribution is -2.07. The van der Waals surface area contributed by atoms with Gasteiger partial charge in [-0.2, -0.15) is 11.3 Å². The van der Waals surface area contributed by atoms with Gasteiger partial charge in [0.15, 0.2) is 5.65 Å². The number of aryl methyl sites for hydroxylation is 3. The van der Waals surface area contributed by atoms with Crippen LogP contribution in [0.25, 0.3) is 11.2 Å². The van der Waals surface area contributed by atoms with Gasteiger partial charge >= 0.3 is 0 Å². The van der Waals surface area contributed by atoms with Crippen LogP contribution in [-0.2, 0) is 19.4 Å². The van der Waals surface area contributed by atoms with Crippen LogP contribution in [0, 0.1) is 0 Å². The number of hydrogen-bond donors (Lipinski definition) is 0. The lowest BCUT2D eigenvalue weighted by atomic mass is 10.2. The highest BCUT2D eigenvalue weighted by atomic mass is 35.5. The fourth-order valence-electron chi connectivity index (χ4n) is 2.22. The third-order valence-corrected chi connectivity index (χ3v) is 4.28. The third-order valence-electron chi connectivity index (χ3n) is 3.15. The molecule has 104 valence electrons. The molecule has 0 saturated carbocycles. The Hall–Kier alpha value is -1.10. The van der Waals surface area contributed by atoms with Gasteiger partial charge in [-0.25, -0.2) is 9.97 Å². The Morgan fingerprint density at radius 1 is 1.30 bits per heavy atom. The van der Waals surface area contributed by atoms with E-state index in [0.29, 0.717) is 10.9 Å². The van der Waals surface area contributed by atoms with Crippen molar-refractivity contribution in [1.29, 1.82) is 0 Å². The lowest BCUT2D eigenvalue weighted by Gasteiger charge is -2.07. The number of nitrogens with zero attached hydrogens (tertiary/aromatic N) is 3. The molecule has 0 fully saturated rings. The van der Waals surface area contributed by atoms with Crippen LogP contribution in [0.2, 0.25) is 5.02 Å². The molecule has 0 atom stereocenters. The maximum atomic E-state index is 5.98. The molecule has 0 aromatic carbocycles. The van der Waals surface area contributed by atoms with E-state index in [1.165, 1.54) is 5.56 Å². The van der Waals surface area contributed by atoms with Gasteiger partial charge in [-0.1, -0.05) is 11.6 Å². The normalized spacial score (nSPS) is 11.3. The number of alkyl halides is 1. The molecule has 3 nitrogen and oxygen atoms in total. The Morgan fingerprint density at radius 3 is 2.95 bits per heavy atom. The smallest absolute Gasteiger partial charge is 0.160 e. The number of pyridine rings is 1. The summed E-state index contributed by atoms with van der Waals surface area (Å²) in [6.07, 6.45) is 3.37. The summed E-state index contributed by atoms with van der Waals surface area (Å²) in [6, 6.07) is 4.00. The number of thiophene rings is 1. The highest BCUT2D eigenvalue weighted by Crippen LogP contribution is 2.19. The largest absolute Gasteiger partial charge is 0.312 e. The van der Waals surface area contributed by atoms with Crippen molar-refractivity contribution in [2.75, 3.05) is 5.88 Å². The van der Waals surface area contributed by atoms with Crippen LogP contribution in [0.15, 0.2) is 29.1 Å². The Kier molecular flexibility index (Phi) is 4.24. The van der Waals surface area contributed by atoms with Crippen molar-refractivity contribution in [2.24, 2.45) is 0 Å². The molecule has 0 spiro atoms. The summed E-state index contributed by atoms with van der Waals surface area (Å²) in [7, 11) is 0. The van der Waals surface area contributed by atoms with Crippen molar-refractivity contribution in [1.82, 2.24) is 14.5 Å². The molecule has 0 unspecified atom stereocenters. The number of halogens is 2. The van der Waals surface area contributed by atoms with Crippen LogP contribution in [0.4, 0.5) is 0 Å². The first-order valence-corrected chi connectivity index (χ1v) is 8.21. The van der Waals surface area contributed by atoms with Crippen LogP contribution < -0.4 is 0 Å². The molecule has 0 bridgehead atoms. The molecular weight excluding hydrogens is 313 g/mol. The summed E-state index contributed by atoms with van der Waals surface area (Å²) in [6.45, 7) is 0.855. The molecule has 6 heteroatoms. The second-order valence-corrected chi connectivity index (χ2v) is 6.09. The van der Waals surface area contributed by atoms with Gasteiger partial charge in [0.05, 0.1) is 5.02 Å². The summed E-state index contributed by atoms with van der Waals surface area (Å²) in [5.41, 5.74) is 3.05. The fraction of sp³-hybridized carbons (Fsp3) is 0.286. The van der Waals surface area contributed by atoms with Gasteiger partial charge in [0.2, 0.25) is 0 Å². The average molecular weight is 326 g/mol. The first kappa shape index (κ1) is 13.9. The van der Waals surface area contributed by atoms with Crippen LogP contribution in [0.3, 0.4) is 0 Å². The molecule has 20 heavy (non-hydrogen) atoms. The number of imidazole rings is 1. The van der Waals surface area contributed by atoms with Gasteiger partial charge < -0.3 is 4.57 Å². The van der Waals surface area contributed by atoms with Crippen molar-refractivity contribution >= 4 is 45.7 Å². The predicted molar refractivity (Wildman–Crippen MR) is 85.0 cm³/mol. The van der Waals surface area contributed by atoms with E-state index in [0.717, 1.165) is 36.4 Å². The molecule has 0 aliphatic heterocycles. The van der Waals surface area contributed by atoms with E-state index >= 15 is 0 Å². The molecule has 0 saturated heterocycles. The molecule has 3 aromatic heterocycles. The minimum Gasteiger partial charge on any atom is -0.312 e. The zero-order chi connectivity index (χ0) is 13.9. The Balaban J connectivity index is 1.95. The summed E-state index contributed by atoms with van der Waals surface area (Å²) >= 11 is 13.6. The van der Waals surface area contributed by atoms with E-state index in [9.17, 15) is 0 Å². The van der Waals surface area contributed by atoms with Gasteiger partial charge in [-0.05, 0) is 34.9 Å². The van der Waals surface area contributed by atoms with Crippen LogP contribution in [0.1, 0.15) is 11.4 Å². The molecule has 3 aromatic rings. The second kappa shape index (κ2) is 6.12. The zero-order valence-electron chi connectivity index (χ0n) is 10.7. The molecule has 0 aliphatic carbocycles.